The lowest BCUT2D eigenvalue weighted by molar-refractivity contribution is 0.0730. The van der Waals surface area contributed by atoms with Crippen molar-refractivity contribution in [3.63, 3.8) is 0 Å². The summed E-state index contributed by atoms with van der Waals surface area (Å²) in [6, 6.07) is 10.4. The van der Waals surface area contributed by atoms with Gasteiger partial charge in [-0.05, 0) is 61.7 Å². The van der Waals surface area contributed by atoms with Crippen molar-refractivity contribution in [2.45, 2.75) is 25.7 Å². The molecule has 144 valence electrons. The number of hydrogen-bond acceptors (Lipinski definition) is 4. The molecular weight excluding hydrogens is 364 g/mol. The third kappa shape index (κ3) is 4.21. The number of anilines is 1. The topological polar surface area (TPSA) is 75.7 Å². The fourth-order valence-corrected chi connectivity index (χ4v) is 4.63. The normalized spacial score (nSPS) is 15.5. The zero-order chi connectivity index (χ0) is 19.6. The molecule has 6 nitrogen and oxygen atoms in total. The number of morpholine rings is 1. The Morgan fingerprint density at radius 3 is 2.30 bits per heavy atom. The van der Waals surface area contributed by atoms with E-state index in [-0.39, 0.29) is 10.8 Å². The summed E-state index contributed by atoms with van der Waals surface area (Å²) in [7, 11) is -3.66. The summed E-state index contributed by atoms with van der Waals surface area (Å²) in [5, 5.41) is 2.84. The van der Waals surface area contributed by atoms with Crippen LogP contribution >= 0.6 is 0 Å². The Bertz CT molecular complexity index is 964. The van der Waals surface area contributed by atoms with Crippen molar-refractivity contribution in [3.8, 4) is 0 Å². The molecule has 2 aromatic rings. The summed E-state index contributed by atoms with van der Waals surface area (Å²) >= 11 is 0. The van der Waals surface area contributed by atoms with Crippen molar-refractivity contribution in [1.82, 2.24) is 4.31 Å². The van der Waals surface area contributed by atoms with Gasteiger partial charge in [-0.2, -0.15) is 4.31 Å². The number of ether oxygens (including phenoxy) is 1. The lowest BCUT2D eigenvalue weighted by atomic mass is 10.1. The Labute approximate surface area is 160 Å². The van der Waals surface area contributed by atoms with Crippen molar-refractivity contribution in [2.75, 3.05) is 31.6 Å². The largest absolute Gasteiger partial charge is 0.379 e. The van der Waals surface area contributed by atoms with Crippen molar-refractivity contribution >= 4 is 21.6 Å². The molecule has 27 heavy (non-hydrogen) atoms. The molecule has 1 aliphatic heterocycles. The maximum absolute atomic E-state index is 13.0. The summed E-state index contributed by atoms with van der Waals surface area (Å²) in [5.41, 5.74) is 3.82. The van der Waals surface area contributed by atoms with Crippen LogP contribution in [0.5, 0.6) is 0 Å². The van der Waals surface area contributed by atoms with E-state index in [1.165, 1.54) is 10.4 Å². The molecule has 1 fully saturated rings. The lowest BCUT2D eigenvalue weighted by Gasteiger charge is -2.26. The number of nitrogens with one attached hydrogen (secondary N) is 1. The van der Waals surface area contributed by atoms with Gasteiger partial charge in [0.05, 0.1) is 18.1 Å². The standard InChI is InChI=1S/C20H24N2O4S/c1-14-5-7-18(12-16(14)3)21-20(23)17-6-4-15(2)19(13-17)27(24,25)22-8-10-26-11-9-22/h4-7,12-13H,8-11H2,1-3H3,(H,21,23). The van der Waals surface area contributed by atoms with Gasteiger partial charge in [0.15, 0.2) is 0 Å². The Morgan fingerprint density at radius 1 is 0.963 bits per heavy atom. The van der Waals surface area contributed by atoms with Crippen LogP contribution in [-0.4, -0.2) is 44.9 Å². The highest BCUT2D eigenvalue weighted by Crippen LogP contribution is 2.23. The number of sulfonamides is 1. The summed E-state index contributed by atoms with van der Waals surface area (Å²) in [6.45, 7) is 7.12. The van der Waals surface area contributed by atoms with Gasteiger partial charge in [0.1, 0.15) is 0 Å². The first kappa shape index (κ1) is 19.5. The molecule has 0 aromatic heterocycles. The Kier molecular flexibility index (Phi) is 5.64. The molecule has 0 atom stereocenters. The molecule has 1 heterocycles. The minimum absolute atomic E-state index is 0.164. The van der Waals surface area contributed by atoms with E-state index in [0.29, 0.717) is 43.1 Å². The molecule has 2 aromatic carbocycles. The van der Waals surface area contributed by atoms with Crippen LogP contribution in [0, 0.1) is 20.8 Å². The van der Waals surface area contributed by atoms with E-state index < -0.39 is 10.0 Å². The number of hydrogen-bond donors (Lipinski definition) is 1. The van der Waals surface area contributed by atoms with Gasteiger partial charge in [0, 0.05) is 24.3 Å². The number of benzene rings is 2. The van der Waals surface area contributed by atoms with Gasteiger partial charge in [0.25, 0.3) is 5.91 Å². The predicted molar refractivity (Wildman–Crippen MR) is 105 cm³/mol. The first-order valence-electron chi connectivity index (χ1n) is 8.86. The average molecular weight is 388 g/mol. The maximum atomic E-state index is 13.0. The molecule has 0 spiro atoms. The molecule has 0 aliphatic carbocycles. The van der Waals surface area contributed by atoms with Gasteiger partial charge in [0.2, 0.25) is 10.0 Å². The molecule has 0 unspecified atom stereocenters. The monoisotopic (exact) mass is 388 g/mol. The minimum atomic E-state index is -3.66. The van der Waals surface area contributed by atoms with E-state index in [2.05, 4.69) is 5.32 Å². The zero-order valence-corrected chi connectivity index (χ0v) is 16.6. The first-order valence-corrected chi connectivity index (χ1v) is 10.3. The predicted octanol–water partition coefficient (Wildman–Crippen LogP) is 2.89. The highest BCUT2D eigenvalue weighted by Gasteiger charge is 2.28. The van der Waals surface area contributed by atoms with Crippen molar-refractivity contribution < 1.29 is 17.9 Å². The molecule has 1 saturated heterocycles. The average Bonchev–Trinajstić information content (AvgIpc) is 2.65. The highest BCUT2D eigenvalue weighted by atomic mass is 32.2. The van der Waals surface area contributed by atoms with E-state index in [9.17, 15) is 13.2 Å². The van der Waals surface area contributed by atoms with Crippen LogP contribution in [-0.2, 0) is 14.8 Å². The molecule has 3 rings (SSSR count). The third-order valence-electron chi connectivity index (χ3n) is 4.80. The lowest BCUT2D eigenvalue weighted by Crippen LogP contribution is -2.40. The second-order valence-corrected chi connectivity index (χ2v) is 8.66. The molecule has 1 N–H and O–H groups in total. The fraction of sp³-hybridized carbons (Fsp3) is 0.350. The van der Waals surface area contributed by atoms with E-state index in [0.717, 1.165) is 11.1 Å². The number of nitrogens with zero attached hydrogens (tertiary/aromatic N) is 1. The molecular formula is C20H24N2O4S. The Hall–Kier alpha value is -2.22. The van der Waals surface area contributed by atoms with E-state index in [1.807, 2.05) is 32.0 Å². The molecule has 0 radical (unpaired) electrons. The fourth-order valence-electron chi connectivity index (χ4n) is 2.97. The van der Waals surface area contributed by atoms with Gasteiger partial charge in [-0.1, -0.05) is 12.1 Å². The molecule has 0 saturated carbocycles. The van der Waals surface area contributed by atoms with Crippen LogP contribution in [0.3, 0.4) is 0 Å². The van der Waals surface area contributed by atoms with Crippen LogP contribution in [0.1, 0.15) is 27.0 Å². The minimum Gasteiger partial charge on any atom is -0.379 e. The van der Waals surface area contributed by atoms with Crippen LogP contribution in [0.2, 0.25) is 0 Å². The number of amides is 1. The summed E-state index contributed by atoms with van der Waals surface area (Å²) < 4.78 is 32.6. The Balaban J connectivity index is 1.88. The maximum Gasteiger partial charge on any atom is 0.255 e. The van der Waals surface area contributed by atoms with Gasteiger partial charge in [-0.3, -0.25) is 4.79 Å². The van der Waals surface area contributed by atoms with Crippen molar-refractivity contribution in [1.29, 1.82) is 0 Å². The molecule has 7 heteroatoms. The van der Waals surface area contributed by atoms with Crippen molar-refractivity contribution in [2.24, 2.45) is 0 Å². The number of aryl methyl sites for hydroxylation is 3. The van der Waals surface area contributed by atoms with E-state index in [4.69, 9.17) is 4.74 Å². The van der Waals surface area contributed by atoms with E-state index >= 15 is 0 Å². The summed E-state index contributed by atoms with van der Waals surface area (Å²) in [5.74, 6) is -0.336. The number of rotatable bonds is 4. The summed E-state index contributed by atoms with van der Waals surface area (Å²) in [4.78, 5) is 12.8. The van der Waals surface area contributed by atoms with Gasteiger partial charge < -0.3 is 10.1 Å². The van der Waals surface area contributed by atoms with E-state index in [1.54, 1.807) is 19.1 Å². The quantitative estimate of drug-likeness (QED) is 0.874. The van der Waals surface area contributed by atoms with Crippen LogP contribution in [0.4, 0.5) is 5.69 Å². The second-order valence-electron chi connectivity index (χ2n) is 6.75. The number of carbonyl (C=O) groups excluding carboxylic acids is 1. The van der Waals surface area contributed by atoms with Crippen LogP contribution < -0.4 is 5.32 Å². The van der Waals surface area contributed by atoms with Crippen LogP contribution in [0.25, 0.3) is 0 Å². The third-order valence-corrected chi connectivity index (χ3v) is 6.84. The Morgan fingerprint density at radius 2 is 1.63 bits per heavy atom. The second kappa shape index (κ2) is 7.80. The smallest absolute Gasteiger partial charge is 0.255 e. The van der Waals surface area contributed by atoms with Gasteiger partial charge in [-0.25, -0.2) is 8.42 Å². The molecule has 0 bridgehead atoms. The zero-order valence-electron chi connectivity index (χ0n) is 15.8. The molecule has 1 aliphatic rings. The first-order chi connectivity index (χ1) is 12.8. The SMILES string of the molecule is Cc1ccc(NC(=O)c2ccc(C)c(S(=O)(=O)N3CCOCC3)c2)cc1C. The summed E-state index contributed by atoms with van der Waals surface area (Å²) in [6.07, 6.45) is 0. The van der Waals surface area contributed by atoms with Gasteiger partial charge >= 0.3 is 0 Å². The number of carbonyl (C=O) groups is 1. The highest BCUT2D eigenvalue weighted by molar-refractivity contribution is 7.89. The van der Waals surface area contributed by atoms with Gasteiger partial charge in [-0.15, -0.1) is 0 Å². The van der Waals surface area contributed by atoms with Crippen molar-refractivity contribution in [3.05, 3.63) is 58.7 Å². The van der Waals surface area contributed by atoms with Crippen LogP contribution in [0.15, 0.2) is 41.3 Å². The molecule has 1 amide bonds.